The maximum absolute atomic E-state index is 13.5. The number of nitrogens with one attached hydrogen (secondary N) is 4. The molecule has 2 aliphatic heterocycles. The van der Waals surface area contributed by atoms with Crippen molar-refractivity contribution in [1.82, 2.24) is 40.4 Å². The molecule has 4 amide bonds. The molecular weight excluding hydrogens is 901 g/mol. The number of carbonyl (C=O) groups is 4. The highest BCUT2D eigenvalue weighted by atomic mass is 32.1. The lowest BCUT2D eigenvalue weighted by Crippen LogP contribution is -2.38. The predicted octanol–water partition coefficient (Wildman–Crippen LogP) is 8.09. The molecule has 7 rings (SSSR count). The Morgan fingerprint density at radius 1 is 0.721 bits per heavy atom. The van der Waals surface area contributed by atoms with Crippen molar-refractivity contribution in [3.8, 4) is 20.9 Å². The summed E-state index contributed by atoms with van der Waals surface area (Å²) in [6.07, 6.45) is 10.8. The number of aryl methyl sites for hydroxylation is 2. The summed E-state index contributed by atoms with van der Waals surface area (Å²) < 4.78 is 0. The molecule has 3 aliphatic rings. The van der Waals surface area contributed by atoms with Crippen LogP contribution in [-0.2, 0) is 0 Å². The fourth-order valence-electron chi connectivity index (χ4n) is 8.30. The second-order valence-corrected chi connectivity index (χ2v) is 22.7. The van der Waals surface area contributed by atoms with Crippen LogP contribution in [0.4, 0.5) is 11.6 Å². The van der Waals surface area contributed by atoms with Gasteiger partial charge in [0.15, 0.2) is 10.0 Å². The second-order valence-electron chi connectivity index (χ2n) is 20.7. The Balaban J connectivity index is 0.000000224. The smallest absolute Gasteiger partial charge is 0.280 e. The Bertz CT molecular complexity index is 2470. The van der Waals surface area contributed by atoms with Crippen molar-refractivity contribution in [2.45, 2.75) is 163 Å². The molecule has 1 aliphatic carbocycles. The molecule has 6 N–H and O–H groups in total. The first-order chi connectivity index (χ1) is 31.9. The predicted molar refractivity (Wildman–Crippen MR) is 271 cm³/mol. The van der Waals surface area contributed by atoms with Crippen LogP contribution in [0, 0.1) is 19.8 Å². The lowest BCUT2D eigenvalue weighted by molar-refractivity contribution is 0.0692. The average Bonchev–Trinajstić information content (AvgIpc) is 3.53. The van der Waals surface area contributed by atoms with Gasteiger partial charge in [0.25, 0.3) is 23.6 Å². The molecule has 18 heteroatoms. The first-order valence-electron chi connectivity index (χ1n) is 24.0. The molecule has 16 nitrogen and oxygen atoms in total. The van der Waals surface area contributed by atoms with Gasteiger partial charge in [-0.2, -0.15) is 0 Å². The summed E-state index contributed by atoms with van der Waals surface area (Å²) in [4.78, 5) is 75.7. The standard InChI is InChI=1S/C26H37N5O3S.C24H35N5O3S/c1-15-12-19(30-26(5,6)17-9-10-17)27-13-18(15)21-20(24(33)31-11-7-8-16(31)2)29-23(35-21)22(32)28-14-25(3,4)34;1-7-15(3)27-18-11-14(2)17(12-25-18)20-19(23(31)29-10-8-9-16(29)4)28-22(33-20)21(30)26-13-24(5,6)32/h12-13,16-17,34H,7-11,14H2,1-6H3,(H,27,30)(H,28,32);11-12,15-16,32H,7-10,13H2,1-6H3,(H,25,27)(H,26,30)/t16-;15-,16+/m01/s1. The molecule has 0 unspecified atom stereocenters. The molecule has 1 saturated carbocycles. The van der Waals surface area contributed by atoms with Gasteiger partial charge in [-0.1, -0.05) is 6.92 Å². The van der Waals surface area contributed by atoms with Gasteiger partial charge in [-0.25, -0.2) is 19.9 Å². The van der Waals surface area contributed by atoms with E-state index in [1.54, 1.807) is 40.1 Å². The topological polar surface area (TPSA) is 215 Å². The van der Waals surface area contributed by atoms with Gasteiger partial charge >= 0.3 is 0 Å². The van der Waals surface area contributed by atoms with Crippen LogP contribution in [-0.4, -0.2) is 125 Å². The van der Waals surface area contributed by atoms with Gasteiger partial charge in [0.05, 0.1) is 21.0 Å². The van der Waals surface area contributed by atoms with Crippen LogP contribution in [0.5, 0.6) is 0 Å². The molecule has 0 radical (unpaired) electrons. The van der Waals surface area contributed by atoms with E-state index in [9.17, 15) is 29.4 Å². The van der Waals surface area contributed by atoms with Gasteiger partial charge in [0, 0.05) is 73.4 Å². The van der Waals surface area contributed by atoms with Crippen molar-refractivity contribution >= 4 is 57.9 Å². The number of carbonyl (C=O) groups excluding carboxylic acids is 4. The maximum atomic E-state index is 13.5. The Morgan fingerprint density at radius 3 is 1.51 bits per heavy atom. The van der Waals surface area contributed by atoms with Gasteiger partial charge in [-0.05, 0) is 150 Å². The molecule has 0 aromatic carbocycles. The monoisotopic (exact) mass is 973 g/mol. The summed E-state index contributed by atoms with van der Waals surface area (Å²) in [5.74, 6) is 1.12. The first kappa shape index (κ1) is 52.3. The quantitative estimate of drug-likeness (QED) is 0.0629. The van der Waals surface area contributed by atoms with Crippen LogP contribution < -0.4 is 21.3 Å². The lowest BCUT2D eigenvalue weighted by Gasteiger charge is -2.27. The van der Waals surface area contributed by atoms with E-state index in [2.05, 4.69) is 68.9 Å². The molecule has 6 heterocycles. The minimum absolute atomic E-state index is 0.0236. The minimum atomic E-state index is -1.04. The highest BCUT2D eigenvalue weighted by Crippen LogP contribution is 2.42. The average molecular weight is 973 g/mol. The highest BCUT2D eigenvalue weighted by Gasteiger charge is 2.38. The van der Waals surface area contributed by atoms with Crippen molar-refractivity contribution in [3.05, 3.63) is 57.1 Å². The number of hydrogen-bond acceptors (Lipinski definition) is 14. The molecule has 3 atom stereocenters. The van der Waals surface area contributed by atoms with E-state index in [1.165, 1.54) is 35.5 Å². The molecule has 4 aromatic rings. The van der Waals surface area contributed by atoms with E-state index in [1.807, 2.05) is 49.6 Å². The molecule has 2 saturated heterocycles. The van der Waals surface area contributed by atoms with Crippen LogP contribution in [0.2, 0.25) is 0 Å². The van der Waals surface area contributed by atoms with Crippen molar-refractivity contribution in [2.75, 3.05) is 36.8 Å². The summed E-state index contributed by atoms with van der Waals surface area (Å²) in [6.45, 7) is 24.7. The van der Waals surface area contributed by atoms with E-state index < -0.39 is 23.0 Å². The summed E-state index contributed by atoms with van der Waals surface area (Å²) >= 11 is 2.38. The molecule has 68 heavy (non-hydrogen) atoms. The highest BCUT2D eigenvalue weighted by molar-refractivity contribution is 7.17. The number of aromatic nitrogens is 4. The third-order valence-corrected chi connectivity index (χ3v) is 15.0. The van der Waals surface area contributed by atoms with E-state index in [0.717, 1.165) is 66.0 Å². The fraction of sp³-hybridized carbons (Fsp3) is 0.600. The second kappa shape index (κ2) is 21.3. The number of aliphatic hydroxyl groups is 2. The number of anilines is 2. The van der Waals surface area contributed by atoms with E-state index in [-0.39, 0.29) is 58.2 Å². The molecule has 4 aromatic heterocycles. The molecule has 370 valence electrons. The largest absolute Gasteiger partial charge is 0.389 e. The van der Waals surface area contributed by atoms with Gasteiger partial charge in [0.2, 0.25) is 0 Å². The van der Waals surface area contributed by atoms with Gasteiger partial charge < -0.3 is 41.3 Å². The number of amides is 4. The van der Waals surface area contributed by atoms with Gasteiger partial charge in [-0.3, -0.25) is 19.2 Å². The SMILES string of the molecule is CC[C@@H](C)Nc1cc(C)c(-c2sc(C(=O)NCC(C)(C)O)nc2C(=O)N2CCC[C@@H]2C)cn1.Cc1cc(NC(C)(C)C2CC2)ncc1-c1sc(C(=O)NCC(C)(C)O)nc1C(=O)N1CCC[C@@H]1C. The van der Waals surface area contributed by atoms with Crippen molar-refractivity contribution < 1.29 is 29.4 Å². The molecular formula is C50H72N10O6S2. The zero-order valence-electron chi connectivity index (χ0n) is 41.9. The summed E-state index contributed by atoms with van der Waals surface area (Å²) in [5, 5.41) is 32.7. The van der Waals surface area contributed by atoms with Crippen LogP contribution in [0.3, 0.4) is 0 Å². The third-order valence-electron chi connectivity index (χ3n) is 12.8. The Kier molecular flexibility index (Phi) is 16.4. The van der Waals surface area contributed by atoms with Crippen molar-refractivity contribution in [2.24, 2.45) is 5.92 Å². The minimum Gasteiger partial charge on any atom is -0.389 e. The molecule has 3 fully saturated rings. The number of rotatable bonds is 16. The zero-order chi connectivity index (χ0) is 49.9. The Labute approximate surface area is 409 Å². The Morgan fingerprint density at radius 2 is 1.15 bits per heavy atom. The molecule has 0 spiro atoms. The van der Waals surface area contributed by atoms with Crippen molar-refractivity contribution in [1.29, 1.82) is 0 Å². The third kappa shape index (κ3) is 13.2. The number of pyridine rings is 2. The summed E-state index contributed by atoms with van der Waals surface area (Å²) in [7, 11) is 0. The van der Waals surface area contributed by atoms with Crippen LogP contribution in [0.15, 0.2) is 24.5 Å². The first-order valence-corrected chi connectivity index (χ1v) is 25.6. The number of nitrogens with zero attached hydrogens (tertiary/aromatic N) is 6. The van der Waals surface area contributed by atoms with E-state index >= 15 is 0 Å². The number of hydrogen-bond donors (Lipinski definition) is 6. The lowest BCUT2D eigenvalue weighted by atomic mass is 9.98. The summed E-state index contributed by atoms with van der Waals surface area (Å²) in [5.41, 5.74) is 1.97. The Hall–Kier alpha value is -5.04. The molecule has 0 bridgehead atoms. The number of likely N-dealkylation sites (tertiary alicyclic amines) is 2. The fourth-order valence-corrected chi connectivity index (χ4v) is 10.4. The maximum Gasteiger partial charge on any atom is 0.280 e. The van der Waals surface area contributed by atoms with E-state index in [0.29, 0.717) is 40.5 Å². The van der Waals surface area contributed by atoms with Crippen LogP contribution in [0.1, 0.15) is 166 Å². The number of thiazole rings is 2. The van der Waals surface area contributed by atoms with Gasteiger partial charge in [-0.15, -0.1) is 22.7 Å². The van der Waals surface area contributed by atoms with Crippen LogP contribution >= 0.6 is 22.7 Å². The van der Waals surface area contributed by atoms with Crippen molar-refractivity contribution in [3.63, 3.8) is 0 Å². The van der Waals surface area contributed by atoms with E-state index in [4.69, 9.17) is 0 Å². The van der Waals surface area contributed by atoms with Crippen LogP contribution in [0.25, 0.3) is 20.9 Å². The summed E-state index contributed by atoms with van der Waals surface area (Å²) in [6, 6.07) is 4.54. The zero-order valence-corrected chi connectivity index (χ0v) is 43.6. The van der Waals surface area contributed by atoms with Gasteiger partial charge in [0.1, 0.15) is 23.0 Å². The normalized spacial score (nSPS) is 17.9.